The minimum Gasteiger partial charge on any atom is -0.394 e. The van der Waals surface area contributed by atoms with Gasteiger partial charge in [-0.15, -0.1) is 0 Å². The number of hydrogen-bond donors (Lipinski definition) is 14. The van der Waals surface area contributed by atoms with Crippen LogP contribution in [-0.4, -0.2) is 205 Å². The summed E-state index contributed by atoms with van der Waals surface area (Å²) in [6.07, 6.45) is -20.7. The lowest BCUT2D eigenvalue weighted by Gasteiger charge is -2.48. The van der Waals surface area contributed by atoms with Gasteiger partial charge < -0.3 is 104 Å². The molecule has 0 aromatic heterocycles. The molecule has 22 nitrogen and oxygen atoms in total. The van der Waals surface area contributed by atoms with E-state index in [-0.39, 0.29) is 31.8 Å². The third-order valence-electron chi connectivity index (χ3n) is 10.0. The Morgan fingerprint density at radius 2 is 1.23 bits per heavy atom. The van der Waals surface area contributed by atoms with Crippen LogP contribution in [0.1, 0.15) is 12.8 Å². The van der Waals surface area contributed by atoms with Gasteiger partial charge in [-0.25, -0.2) is 8.42 Å². The lowest BCUT2D eigenvalue weighted by molar-refractivity contribution is -0.309. The summed E-state index contributed by atoms with van der Waals surface area (Å²) in [5.74, 6) is -1.87. The van der Waals surface area contributed by atoms with E-state index in [0.29, 0.717) is 19.5 Å². The first-order chi connectivity index (χ1) is 24.6. The van der Waals surface area contributed by atoms with Crippen molar-refractivity contribution in [3.63, 3.8) is 0 Å². The van der Waals surface area contributed by atoms with Crippen molar-refractivity contribution in [2.75, 3.05) is 50.8 Å². The predicted molar refractivity (Wildman–Crippen MR) is 179 cm³/mol. The normalized spacial score (nSPS) is 46.1. The van der Waals surface area contributed by atoms with Gasteiger partial charge in [-0.3, -0.25) is 0 Å². The average molecular weight is 778 g/mol. The second-order valence-corrected chi connectivity index (χ2v) is 16.1. The standard InChI is InChI=1S/C29H59N7O15S/c30-2-1-4-36-8-14-20(40)22(42)17(35)28(47-14)49-24-12(33)6-11(10-52(44,45)5-3-31)18(38)26(24)51-29-23(43)25(15(9-37)48-29)50-27-16(34)21(41)19(39)13(7-32)46-27/h11-29,36-43H,1-10,30-35H2/t11-,12-,13-,14+,15+,16+,17+,18-,19+,20+,21+,22+,23+,24+,25+,26+,27+,28+,29-/m0/s1. The van der Waals surface area contributed by atoms with Crippen molar-refractivity contribution in [3.8, 4) is 0 Å². The maximum Gasteiger partial charge on any atom is 0.187 e. The summed E-state index contributed by atoms with van der Waals surface area (Å²) in [5, 5.41) is 78.3. The summed E-state index contributed by atoms with van der Waals surface area (Å²) in [4.78, 5) is 0. The summed E-state index contributed by atoms with van der Waals surface area (Å²) in [6.45, 7) is -0.0606. The fraction of sp³-hybridized carbons (Fsp3) is 1.00. The lowest BCUT2D eigenvalue weighted by atomic mass is 9.80. The number of aliphatic hydroxyl groups is 7. The van der Waals surface area contributed by atoms with Crippen LogP contribution in [0.3, 0.4) is 0 Å². The molecular weight excluding hydrogens is 718 g/mol. The summed E-state index contributed by atoms with van der Waals surface area (Å²) in [7, 11) is -3.76. The quantitative estimate of drug-likeness (QED) is 0.0610. The van der Waals surface area contributed by atoms with Crippen LogP contribution in [0.25, 0.3) is 0 Å². The zero-order valence-corrected chi connectivity index (χ0v) is 29.6. The van der Waals surface area contributed by atoms with Gasteiger partial charge in [-0.05, 0) is 25.9 Å². The monoisotopic (exact) mass is 777 g/mol. The largest absolute Gasteiger partial charge is 0.394 e. The van der Waals surface area contributed by atoms with Crippen molar-refractivity contribution in [2.45, 2.75) is 123 Å². The Balaban J connectivity index is 1.57. The molecule has 4 aliphatic rings. The van der Waals surface area contributed by atoms with E-state index in [2.05, 4.69) is 5.32 Å². The molecule has 20 N–H and O–H groups in total. The maximum absolute atomic E-state index is 12.8. The van der Waals surface area contributed by atoms with Gasteiger partial charge in [-0.1, -0.05) is 0 Å². The third-order valence-corrected chi connectivity index (χ3v) is 11.8. The van der Waals surface area contributed by atoms with E-state index >= 15 is 0 Å². The second kappa shape index (κ2) is 19.3. The van der Waals surface area contributed by atoms with Gasteiger partial charge in [0.15, 0.2) is 28.7 Å². The first kappa shape index (κ1) is 43.9. The Hall–Kier alpha value is -0.850. The Kier molecular flexibility index (Phi) is 16.3. The van der Waals surface area contributed by atoms with Crippen molar-refractivity contribution >= 4 is 9.84 Å². The zero-order chi connectivity index (χ0) is 38.5. The fourth-order valence-electron chi connectivity index (χ4n) is 7.00. The molecule has 23 heteroatoms. The summed E-state index contributed by atoms with van der Waals surface area (Å²) < 4.78 is 61.1. The molecule has 0 unspecified atom stereocenters. The van der Waals surface area contributed by atoms with Gasteiger partial charge >= 0.3 is 0 Å². The van der Waals surface area contributed by atoms with Crippen molar-refractivity contribution in [3.05, 3.63) is 0 Å². The van der Waals surface area contributed by atoms with Crippen LogP contribution >= 0.6 is 0 Å². The molecule has 306 valence electrons. The van der Waals surface area contributed by atoms with Crippen LogP contribution in [0, 0.1) is 5.92 Å². The molecule has 19 atom stereocenters. The Labute approximate surface area is 301 Å². The number of rotatable bonds is 17. The van der Waals surface area contributed by atoms with Gasteiger partial charge in [0.25, 0.3) is 0 Å². The number of nitrogens with one attached hydrogen (secondary N) is 1. The highest BCUT2D eigenvalue weighted by Crippen LogP contribution is 2.36. The first-order valence-electron chi connectivity index (χ1n) is 17.5. The minimum atomic E-state index is -3.76. The average Bonchev–Trinajstić information content (AvgIpc) is 3.40. The molecule has 3 saturated heterocycles. The SMILES string of the molecule is NCCCNC[C@H]1O[C@H](O[C@H]2[C@H](O[C@@H]3O[C@H](CO)[C@@H](O[C@H]4O[C@@H](CN)[C@@H](O)[C@H](O)[C@H]4N)[C@H]3O)[C@@H](O)[C@H](CS(=O)(=O)CCN)C[C@@H]2N)[C@H](N)[C@@H](O)[C@@H]1O. The van der Waals surface area contributed by atoms with Crippen molar-refractivity contribution < 1.29 is 72.6 Å². The third kappa shape index (κ3) is 10.1. The number of hydrogen-bond acceptors (Lipinski definition) is 22. The molecule has 0 radical (unpaired) electrons. The molecule has 3 heterocycles. The van der Waals surface area contributed by atoms with E-state index in [0.717, 1.165) is 0 Å². The molecule has 0 spiro atoms. The summed E-state index contributed by atoms with van der Waals surface area (Å²) in [5.41, 5.74) is 35.5. The number of sulfone groups is 1. The van der Waals surface area contributed by atoms with E-state index < -0.39 is 138 Å². The van der Waals surface area contributed by atoms with E-state index in [1.54, 1.807) is 0 Å². The predicted octanol–water partition coefficient (Wildman–Crippen LogP) is -9.25. The van der Waals surface area contributed by atoms with Gasteiger partial charge in [0, 0.05) is 31.6 Å². The van der Waals surface area contributed by atoms with Crippen LogP contribution in [-0.2, 0) is 38.3 Å². The fourth-order valence-corrected chi connectivity index (χ4v) is 8.51. The molecule has 0 aromatic rings. The molecule has 1 aliphatic carbocycles. The molecule has 3 aliphatic heterocycles. The van der Waals surface area contributed by atoms with E-state index in [1.165, 1.54) is 0 Å². The highest BCUT2D eigenvalue weighted by atomic mass is 32.2. The minimum absolute atomic E-state index is 0.0841. The zero-order valence-electron chi connectivity index (χ0n) is 28.8. The van der Waals surface area contributed by atoms with Gasteiger partial charge in [0.1, 0.15) is 67.1 Å². The first-order valence-corrected chi connectivity index (χ1v) is 19.3. The topological polar surface area (TPSA) is 399 Å². The van der Waals surface area contributed by atoms with E-state index in [1.807, 2.05) is 0 Å². The smallest absolute Gasteiger partial charge is 0.187 e. The van der Waals surface area contributed by atoms with Crippen LogP contribution in [0.4, 0.5) is 0 Å². The number of nitrogens with two attached hydrogens (primary N) is 6. The van der Waals surface area contributed by atoms with Crippen LogP contribution in [0.15, 0.2) is 0 Å². The molecule has 0 bridgehead atoms. The summed E-state index contributed by atoms with van der Waals surface area (Å²) in [6, 6.07) is -3.65. The van der Waals surface area contributed by atoms with Gasteiger partial charge in [0.05, 0.1) is 36.3 Å². The Morgan fingerprint density at radius 3 is 1.81 bits per heavy atom. The molecule has 1 saturated carbocycles. The lowest BCUT2D eigenvalue weighted by Crippen LogP contribution is -2.67. The van der Waals surface area contributed by atoms with Gasteiger partial charge in [0.2, 0.25) is 0 Å². The molecule has 0 amide bonds. The van der Waals surface area contributed by atoms with Crippen LogP contribution < -0.4 is 39.7 Å². The molecule has 0 aromatic carbocycles. The Morgan fingerprint density at radius 1 is 0.673 bits per heavy atom. The van der Waals surface area contributed by atoms with E-state index in [9.17, 15) is 44.2 Å². The molecular formula is C29H59N7O15S. The molecule has 52 heavy (non-hydrogen) atoms. The second-order valence-electron chi connectivity index (χ2n) is 13.9. The van der Waals surface area contributed by atoms with Crippen molar-refractivity contribution in [2.24, 2.45) is 40.3 Å². The van der Waals surface area contributed by atoms with Crippen LogP contribution in [0.2, 0.25) is 0 Å². The Bertz CT molecular complexity index is 1200. The van der Waals surface area contributed by atoms with E-state index in [4.69, 9.17) is 62.8 Å². The molecule has 4 rings (SSSR count). The van der Waals surface area contributed by atoms with Crippen molar-refractivity contribution in [1.29, 1.82) is 0 Å². The summed E-state index contributed by atoms with van der Waals surface area (Å²) >= 11 is 0. The number of aliphatic hydroxyl groups excluding tert-OH is 7. The highest BCUT2D eigenvalue weighted by Gasteiger charge is 2.55. The maximum atomic E-state index is 12.8. The highest BCUT2D eigenvalue weighted by molar-refractivity contribution is 7.91. The van der Waals surface area contributed by atoms with Crippen LogP contribution in [0.5, 0.6) is 0 Å². The molecule has 4 fully saturated rings. The van der Waals surface area contributed by atoms with Gasteiger partial charge in [-0.2, -0.15) is 0 Å². The number of ether oxygens (including phenoxy) is 6. The van der Waals surface area contributed by atoms with Crippen molar-refractivity contribution in [1.82, 2.24) is 5.32 Å².